The number of hydrogen-bond donors (Lipinski definition) is 2. The smallest absolute Gasteiger partial charge is 0.0306 e. The van der Waals surface area contributed by atoms with Crippen molar-refractivity contribution < 1.29 is 0 Å². The van der Waals surface area contributed by atoms with Crippen LogP contribution in [0.5, 0.6) is 0 Å². The van der Waals surface area contributed by atoms with Gasteiger partial charge in [0.1, 0.15) is 0 Å². The van der Waals surface area contributed by atoms with Crippen molar-refractivity contribution in [3.05, 3.63) is 0 Å². The van der Waals surface area contributed by atoms with Crippen molar-refractivity contribution in [1.29, 1.82) is 0 Å². The van der Waals surface area contributed by atoms with Gasteiger partial charge in [0, 0.05) is 18.1 Å². The molecule has 2 nitrogen and oxygen atoms in total. The Balaban J connectivity index is 1.99. The summed E-state index contributed by atoms with van der Waals surface area (Å²) in [5, 5.41) is 3.99. The molecule has 2 fully saturated rings. The van der Waals surface area contributed by atoms with Crippen molar-refractivity contribution in [2.75, 3.05) is 6.54 Å². The summed E-state index contributed by atoms with van der Waals surface area (Å²) in [7, 11) is 0. The molecular formula is C17H34N2. The number of nitrogens with one attached hydrogen (secondary N) is 1. The summed E-state index contributed by atoms with van der Waals surface area (Å²) < 4.78 is 0. The molecule has 2 heteroatoms. The van der Waals surface area contributed by atoms with Crippen LogP contribution in [-0.2, 0) is 0 Å². The normalized spacial score (nSPS) is 38.1. The quantitative estimate of drug-likeness (QED) is 0.762. The van der Waals surface area contributed by atoms with Crippen molar-refractivity contribution in [3.8, 4) is 0 Å². The van der Waals surface area contributed by atoms with Crippen molar-refractivity contribution in [3.63, 3.8) is 0 Å². The summed E-state index contributed by atoms with van der Waals surface area (Å²) in [6.45, 7) is 10.4. The van der Waals surface area contributed by atoms with Gasteiger partial charge in [0.25, 0.3) is 0 Å². The van der Waals surface area contributed by atoms with Gasteiger partial charge in [0.2, 0.25) is 0 Å². The minimum absolute atomic E-state index is 0.221. The van der Waals surface area contributed by atoms with Gasteiger partial charge in [-0.05, 0) is 55.8 Å². The predicted octanol–water partition coefficient (Wildman–Crippen LogP) is 3.84. The van der Waals surface area contributed by atoms with Crippen LogP contribution in [0.1, 0.15) is 79.1 Å². The van der Waals surface area contributed by atoms with Crippen LogP contribution >= 0.6 is 0 Å². The largest absolute Gasteiger partial charge is 0.329 e. The van der Waals surface area contributed by atoms with Crippen LogP contribution in [0.15, 0.2) is 0 Å². The molecule has 2 atom stereocenters. The van der Waals surface area contributed by atoms with Gasteiger partial charge in [-0.1, -0.05) is 34.1 Å². The molecule has 0 bridgehead atoms. The first-order valence-electron chi connectivity index (χ1n) is 8.24. The van der Waals surface area contributed by atoms with Crippen molar-refractivity contribution in [2.24, 2.45) is 16.6 Å². The summed E-state index contributed by atoms with van der Waals surface area (Å²) in [6.07, 6.45) is 10.5. The number of nitrogens with two attached hydrogens (primary N) is 1. The molecule has 0 saturated heterocycles. The molecule has 2 rings (SSSR count). The Labute approximate surface area is 119 Å². The molecule has 0 aromatic heterocycles. The third-order valence-electron chi connectivity index (χ3n) is 5.66. The van der Waals surface area contributed by atoms with E-state index >= 15 is 0 Å². The van der Waals surface area contributed by atoms with Gasteiger partial charge in [-0.3, -0.25) is 0 Å². The topological polar surface area (TPSA) is 38.0 Å². The van der Waals surface area contributed by atoms with E-state index in [4.69, 9.17) is 5.73 Å². The maximum absolute atomic E-state index is 6.18. The Morgan fingerprint density at radius 2 is 1.68 bits per heavy atom. The van der Waals surface area contributed by atoms with Crippen molar-refractivity contribution in [2.45, 2.75) is 90.6 Å². The maximum Gasteiger partial charge on any atom is 0.0306 e. The minimum atomic E-state index is 0.221. The lowest BCUT2D eigenvalue weighted by Gasteiger charge is -2.37. The minimum Gasteiger partial charge on any atom is -0.329 e. The van der Waals surface area contributed by atoms with E-state index in [9.17, 15) is 0 Å². The lowest BCUT2D eigenvalue weighted by Crippen LogP contribution is -2.54. The fourth-order valence-electron chi connectivity index (χ4n) is 4.13. The lowest BCUT2D eigenvalue weighted by atomic mass is 9.83. The summed E-state index contributed by atoms with van der Waals surface area (Å²) in [5.41, 5.74) is 7.43. The first kappa shape index (κ1) is 15.3. The molecular weight excluding hydrogens is 232 g/mol. The van der Waals surface area contributed by atoms with Gasteiger partial charge >= 0.3 is 0 Å². The molecule has 2 aliphatic rings. The van der Waals surface area contributed by atoms with E-state index in [0.29, 0.717) is 16.9 Å². The van der Waals surface area contributed by atoms with Gasteiger partial charge in [-0.2, -0.15) is 0 Å². The molecule has 19 heavy (non-hydrogen) atoms. The molecule has 112 valence electrons. The Morgan fingerprint density at radius 3 is 2.26 bits per heavy atom. The van der Waals surface area contributed by atoms with Crippen LogP contribution in [-0.4, -0.2) is 18.1 Å². The Hall–Kier alpha value is -0.0800. The molecule has 0 aromatic carbocycles. The van der Waals surface area contributed by atoms with Crippen LogP contribution in [0.3, 0.4) is 0 Å². The van der Waals surface area contributed by atoms with Gasteiger partial charge < -0.3 is 11.1 Å². The highest BCUT2D eigenvalue weighted by atomic mass is 15.0. The van der Waals surface area contributed by atoms with E-state index in [-0.39, 0.29) is 5.54 Å². The lowest BCUT2D eigenvalue weighted by molar-refractivity contribution is 0.236. The van der Waals surface area contributed by atoms with E-state index in [0.717, 1.165) is 6.54 Å². The second-order valence-corrected chi connectivity index (χ2v) is 8.75. The van der Waals surface area contributed by atoms with Gasteiger partial charge in [-0.15, -0.1) is 0 Å². The third-order valence-corrected chi connectivity index (χ3v) is 5.66. The zero-order valence-electron chi connectivity index (χ0n) is 13.5. The van der Waals surface area contributed by atoms with Crippen LogP contribution in [0.25, 0.3) is 0 Å². The summed E-state index contributed by atoms with van der Waals surface area (Å²) in [5.74, 6) is 0. The Morgan fingerprint density at radius 1 is 0.947 bits per heavy atom. The van der Waals surface area contributed by atoms with E-state index < -0.39 is 0 Å². The van der Waals surface area contributed by atoms with Gasteiger partial charge in [-0.25, -0.2) is 0 Å². The molecule has 0 heterocycles. The van der Waals surface area contributed by atoms with Crippen LogP contribution in [0, 0.1) is 10.8 Å². The van der Waals surface area contributed by atoms with Crippen LogP contribution in [0.2, 0.25) is 0 Å². The molecule has 2 saturated carbocycles. The molecule has 3 N–H and O–H groups in total. The Kier molecular flexibility index (Phi) is 4.32. The number of hydrogen-bond acceptors (Lipinski definition) is 2. The fourth-order valence-corrected chi connectivity index (χ4v) is 4.13. The molecule has 0 aliphatic heterocycles. The molecule has 2 aliphatic carbocycles. The van der Waals surface area contributed by atoms with Crippen molar-refractivity contribution >= 4 is 0 Å². The first-order valence-corrected chi connectivity index (χ1v) is 8.24. The van der Waals surface area contributed by atoms with E-state index in [1.165, 1.54) is 51.4 Å². The van der Waals surface area contributed by atoms with Gasteiger partial charge in [0.05, 0.1) is 0 Å². The molecule has 0 radical (unpaired) electrons. The first-order chi connectivity index (χ1) is 8.76. The molecule has 0 amide bonds. The highest BCUT2D eigenvalue weighted by Crippen LogP contribution is 2.41. The average molecular weight is 266 g/mol. The average Bonchev–Trinajstić information content (AvgIpc) is 2.56. The zero-order chi connectivity index (χ0) is 14.1. The summed E-state index contributed by atoms with van der Waals surface area (Å²) in [4.78, 5) is 0. The Bertz CT molecular complexity index is 308. The van der Waals surface area contributed by atoms with E-state index in [2.05, 4.69) is 33.0 Å². The van der Waals surface area contributed by atoms with E-state index in [1.54, 1.807) is 0 Å². The maximum atomic E-state index is 6.18. The fraction of sp³-hybridized carbons (Fsp3) is 1.00. The third kappa shape index (κ3) is 3.95. The highest BCUT2D eigenvalue weighted by Gasteiger charge is 2.39. The predicted molar refractivity (Wildman–Crippen MR) is 83.2 cm³/mol. The second-order valence-electron chi connectivity index (χ2n) is 8.75. The highest BCUT2D eigenvalue weighted by molar-refractivity contribution is 4.98. The van der Waals surface area contributed by atoms with E-state index in [1.807, 2.05) is 0 Å². The SMILES string of the molecule is CC1(C)CCCC(CN)(NC2CCC(C)(C)C2)CC1. The zero-order valence-corrected chi connectivity index (χ0v) is 13.5. The van der Waals surface area contributed by atoms with Crippen LogP contribution < -0.4 is 11.1 Å². The molecule has 2 unspecified atom stereocenters. The summed E-state index contributed by atoms with van der Waals surface area (Å²) >= 11 is 0. The standard InChI is InChI=1S/C17H34N2/c1-15(2)7-5-8-17(13-18,11-10-15)19-14-6-9-16(3,4)12-14/h14,19H,5-13,18H2,1-4H3. The van der Waals surface area contributed by atoms with Crippen LogP contribution in [0.4, 0.5) is 0 Å². The monoisotopic (exact) mass is 266 g/mol. The molecule has 0 aromatic rings. The van der Waals surface area contributed by atoms with Crippen molar-refractivity contribution in [1.82, 2.24) is 5.32 Å². The summed E-state index contributed by atoms with van der Waals surface area (Å²) in [6, 6.07) is 0.694. The van der Waals surface area contributed by atoms with Gasteiger partial charge in [0.15, 0.2) is 0 Å². The molecule has 0 spiro atoms. The second kappa shape index (κ2) is 5.37. The number of rotatable bonds is 3.